The Bertz CT molecular complexity index is 336. The average molecular weight is 415 g/mol. The molecule has 0 saturated heterocycles. The molecule has 0 unspecified atom stereocenters. The van der Waals surface area contributed by atoms with Crippen LogP contribution in [0.15, 0.2) is 0 Å². The molecule has 0 aliphatic rings. The maximum absolute atomic E-state index is 11.6. The van der Waals surface area contributed by atoms with Crippen LogP contribution in [0.3, 0.4) is 0 Å². The zero-order valence-electron chi connectivity index (χ0n) is 19.2. The van der Waals surface area contributed by atoms with Crippen molar-refractivity contribution in [3.63, 3.8) is 0 Å². The fourth-order valence-electron chi connectivity index (χ4n) is 3.04. The van der Waals surface area contributed by atoms with E-state index in [1.165, 1.54) is 51.4 Å². The normalized spacial score (nSPS) is 10.8. The molecular weight excluding hydrogens is 368 g/mol. The standard InChI is InChI=1S/C24H46O5/c1-3-5-7-9-11-13-17-23(25)28-21-15-19-27-20-16-22-29-24(26)18-14-12-10-8-6-4-2/h3-22H2,1-2H3. The highest BCUT2D eigenvalue weighted by Gasteiger charge is 2.04. The lowest BCUT2D eigenvalue weighted by Crippen LogP contribution is -2.10. The van der Waals surface area contributed by atoms with Crippen molar-refractivity contribution in [1.29, 1.82) is 0 Å². The van der Waals surface area contributed by atoms with Crippen LogP contribution in [0.2, 0.25) is 0 Å². The van der Waals surface area contributed by atoms with Gasteiger partial charge in [-0.25, -0.2) is 0 Å². The Morgan fingerprint density at radius 2 is 0.862 bits per heavy atom. The van der Waals surface area contributed by atoms with Crippen LogP contribution >= 0.6 is 0 Å². The largest absolute Gasteiger partial charge is 0.466 e. The third-order valence-electron chi connectivity index (χ3n) is 4.86. The smallest absolute Gasteiger partial charge is 0.305 e. The molecule has 0 spiro atoms. The lowest BCUT2D eigenvalue weighted by Gasteiger charge is -2.07. The maximum Gasteiger partial charge on any atom is 0.305 e. The van der Waals surface area contributed by atoms with Crippen molar-refractivity contribution in [3.05, 3.63) is 0 Å². The van der Waals surface area contributed by atoms with Crippen LogP contribution in [-0.4, -0.2) is 38.4 Å². The molecule has 0 aliphatic carbocycles. The van der Waals surface area contributed by atoms with Crippen LogP contribution in [0.25, 0.3) is 0 Å². The van der Waals surface area contributed by atoms with E-state index in [0.29, 0.717) is 52.1 Å². The molecule has 0 aliphatic heterocycles. The summed E-state index contributed by atoms with van der Waals surface area (Å²) in [5, 5.41) is 0. The fourth-order valence-corrected chi connectivity index (χ4v) is 3.04. The van der Waals surface area contributed by atoms with E-state index in [1.54, 1.807) is 0 Å². The summed E-state index contributed by atoms with van der Waals surface area (Å²) in [7, 11) is 0. The molecule has 5 heteroatoms. The molecule has 0 aromatic carbocycles. The van der Waals surface area contributed by atoms with Crippen molar-refractivity contribution in [2.45, 2.75) is 117 Å². The molecule has 0 amide bonds. The third-order valence-corrected chi connectivity index (χ3v) is 4.86. The molecule has 0 atom stereocenters. The van der Waals surface area contributed by atoms with Crippen molar-refractivity contribution >= 4 is 11.9 Å². The fraction of sp³-hybridized carbons (Fsp3) is 0.917. The van der Waals surface area contributed by atoms with E-state index < -0.39 is 0 Å². The summed E-state index contributed by atoms with van der Waals surface area (Å²) in [5.74, 6) is -0.199. The minimum absolute atomic E-state index is 0.0993. The van der Waals surface area contributed by atoms with E-state index in [4.69, 9.17) is 14.2 Å². The van der Waals surface area contributed by atoms with Gasteiger partial charge in [-0.15, -0.1) is 0 Å². The van der Waals surface area contributed by atoms with Crippen LogP contribution in [0.5, 0.6) is 0 Å². The minimum Gasteiger partial charge on any atom is -0.466 e. The molecule has 29 heavy (non-hydrogen) atoms. The molecule has 5 nitrogen and oxygen atoms in total. The van der Waals surface area contributed by atoms with Crippen molar-refractivity contribution in [2.24, 2.45) is 0 Å². The van der Waals surface area contributed by atoms with E-state index in [0.717, 1.165) is 25.7 Å². The van der Waals surface area contributed by atoms with Gasteiger partial charge in [0, 0.05) is 38.9 Å². The first-order valence-corrected chi connectivity index (χ1v) is 12.1. The van der Waals surface area contributed by atoms with E-state index in [2.05, 4.69) is 13.8 Å². The summed E-state index contributed by atoms with van der Waals surface area (Å²) in [6.45, 7) is 6.37. The first-order valence-electron chi connectivity index (χ1n) is 12.1. The van der Waals surface area contributed by atoms with E-state index in [9.17, 15) is 9.59 Å². The molecule has 0 heterocycles. The SMILES string of the molecule is CCCCCCCCC(=O)OCCCOCCCOC(=O)CCCCCCCC. The second-order valence-electron chi connectivity index (χ2n) is 7.80. The zero-order valence-corrected chi connectivity index (χ0v) is 19.2. The van der Waals surface area contributed by atoms with Crippen LogP contribution < -0.4 is 0 Å². The van der Waals surface area contributed by atoms with Gasteiger partial charge in [-0.2, -0.15) is 0 Å². The van der Waals surface area contributed by atoms with Crippen molar-refractivity contribution in [2.75, 3.05) is 26.4 Å². The summed E-state index contributed by atoms with van der Waals surface area (Å²) in [5.41, 5.74) is 0. The topological polar surface area (TPSA) is 61.8 Å². The number of hydrogen-bond acceptors (Lipinski definition) is 5. The molecule has 0 fully saturated rings. The number of carbonyl (C=O) groups excluding carboxylic acids is 2. The second kappa shape index (κ2) is 23.2. The van der Waals surface area contributed by atoms with E-state index >= 15 is 0 Å². The zero-order chi connectivity index (χ0) is 21.4. The molecule has 0 N–H and O–H groups in total. The third kappa shape index (κ3) is 23.0. The Hall–Kier alpha value is -1.10. The van der Waals surface area contributed by atoms with Gasteiger partial charge in [0.15, 0.2) is 0 Å². The highest BCUT2D eigenvalue weighted by Crippen LogP contribution is 2.08. The summed E-state index contributed by atoms with van der Waals surface area (Å²) in [6.07, 6.45) is 16.6. The van der Waals surface area contributed by atoms with Gasteiger partial charge < -0.3 is 14.2 Å². The van der Waals surface area contributed by atoms with Gasteiger partial charge in [0.2, 0.25) is 0 Å². The van der Waals surface area contributed by atoms with Crippen LogP contribution in [0.4, 0.5) is 0 Å². The van der Waals surface area contributed by atoms with Crippen LogP contribution in [0.1, 0.15) is 117 Å². The number of ether oxygens (including phenoxy) is 3. The van der Waals surface area contributed by atoms with Crippen molar-refractivity contribution in [1.82, 2.24) is 0 Å². The Balaban J connectivity index is 3.24. The van der Waals surface area contributed by atoms with Crippen LogP contribution in [0, 0.1) is 0 Å². The molecule has 0 aromatic heterocycles. The van der Waals surface area contributed by atoms with Gasteiger partial charge in [-0.1, -0.05) is 78.1 Å². The number of unbranched alkanes of at least 4 members (excludes halogenated alkanes) is 10. The summed E-state index contributed by atoms with van der Waals surface area (Å²) in [4.78, 5) is 23.2. The Morgan fingerprint density at radius 1 is 0.483 bits per heavy atom. The molecule has 0 radical (unpaired) electrons. The van der Waals surface area contributed by atoms with Crippen molar-refractivity contribution in [3.8, 4) is 0 Å². The van der Waals surface area contributed by atoms with Gasteiger partial charge in [-0.3, -0.25) is 9.59 Å². The predicted octanol–water partition coefficient (Wildman–Crippen LogP) is 6.37. The highest BCUT2D eigenvalue weighted by atomic mass is 16.5. The quantitative estimate of drug-likeness (QED) is 0.152. The van der Waals surface area contributed by atoms with Gasteiger partial charge in [-0.05, 0) is 12.8 Å². The molecular formula is C24H46O5. The maximum atomic E-state index is 11.6. The van der Waals surface area contributed by atoms with Gasteiger partial charge in [0.05, 0.1) is 13.2 Å². The Labute approximate surface area is 179 Å². The van der Waals surface area contributed by atoms with E-state index in [1.807, 2.05) is 0 Å². The van der Waals surface area contributed by atoms with Crippen molar-refractivity contribution < 1.29 is 23.8 Å². The molecule has 0 bridgehead atoms. The molecule has 0 saturated carbocycles. The predicted molar refractivity (Wildman–Crippen MR) is 118 cm³/mol. The minimum atomic E-state index is -0.0993. The number of hydrogen-bond donors (Lipinski definition) is 0. The lowest BCUT2D eigenvalue weighted by atomic mass is 10.1. The van der Waals surface area contributed by atoms with Crippen LogP contribution in [-0.2, 0) is 23.8 Å². The summed E-state index contributed by atoms with van der Waals surface area (Å²) >= 11 is 0. The highest BCUT2D eigenvalue weighted by molar-refractivity contribution is 5.69. The Kier molecular flexibility index (Phi) is 22.3. The number of esters is 2. The number of carbonyl (C=O) groups is 2. The molecule has 0 aromatic rings. The average Bonchev–Trinajstić information content (AvgIpc) is 2.71. The number of rotatable bonds is 22. The lowest BCUT2D eigenvalue weighted by molar-refractivity contribution is -0.144. The Morgan fingerprint density at radius 3 is 1.28 bits per heavy atom. The molecule has 172 valence electrons. The summed E-state index contributed by atoms with van der Waals surface area (Å²) in [6, 6.07) is 0. The first kappa shape index (κ1) is 27.9. The first-order chi connectivity index (χ1) is 14.2. The van der Waals surface area contributed by atoms with Gasteiger partial charge in [0.25, 0.3) is 0 Å². The van der Waals surface area contributed by atoms with Gasteiger partial charge in [0.1, 0.15) is 0 Å². The monoisotopic (exact) mass is 414 g/mol. The molecule has 0 rings (SSSR count). The summed E-state index contributed by atoms with van der Waals surface area (Å²) < 4.78 is 15.9. The second-order valence-corrected chi connectivity index (χ2v) is 7.80. The van der Waals surface area contributed by atoms with E-state index in [-0.39, 0.29) is 11.9 Å². The van der Waals surface area contributed by atoms with Gasteiger partial charge >= 0.3 is 11.9 Å².